The van der Waals surface area contributed by atoms with E-state index >= 15 is 0 Å². The van der Waals surface area contributed by atoms with Crippen LogP contribution in [0.1, 0.15) is 17.4 Å². The molecule has 0 aliphatic rings. The van der Waals surface area contributed by atoms with Crippen molar-refractivity contribution in [1.29, 1.82) is 0 Å². The van der Waals surface area contributed by atoms with Crippen LogP contribution in [0.3, 0.4) is 0 Å². The van der Waals surface area contributed by atoms with Gasteiger partial charge in [0, 0.05) is 11.3 Å². The van der Waals surface area contributed by atoms with Crippen LogP contribution in [0.5, 0.6) is 0 Å². The van der Waals surface area contributed by atoms with Crippen LogP contribution in [0.4, 0.5) is 4.39 Å². The van der Waals surface area contributed by atoms with Gasteiger partial charge in [0.2, 0.25) is 0 Å². The SMILES string of the molecule is Cc1cc(C(OS(C)(=O)=O)C(N)=O)c(F)cn1. The number of hydrogen-bond donors (Lipinski definition) is 1. The molecular weight excluding hydrogens is 251 g/mol. The Morgan fingerprint density at radius 2 is 2.18 bits per heavy atom. The molecule has 17 heavy (non-hydrogen) atoms. The molecule has 2 N–H and O–H groups in total. The summed E-state index contributed by atoms with van der Waals surface area (Å²) in [5.74, 6) is -1.96. The molecule has 6 nitrogen and oxygen atoms in total. The topological polar surface area (TPSA) is 99.4 Å². The van der Waals surface area contributed by atoms with E-state index in [9.17, 15) is 17.6 Å². The predicted molar refractivity (Wildman–Crippen MR) is 56.8 cm³/mol. The maximum atomic E-state index is 13.4. The Balaban J connectivity index is 3.23. The summed E-state index contributed by atoms with van der Waals surface area (Å²) >= 11 is 0. The number of aromatic nitrogens is 1. The highest BCUT2D eigenvalue weighted by Gasteiger charge is 2.26. The molecule has 0 spiro atoms. The van der Waals surface area contributed by atoms with Crippen molar-refractivity contribution in [3.8, 4) is 0 Å². The van der Waals surface area contributed by atoms with Gasteiger partial charge in [-0.15, -0.1) is 0 Å². The molecule has 0 radical (unpaired) electrons. The number of hydrogen-bond acceptors (Lipinski definition) is 5. The summed E-state index contributed by atoms with van der Waals surface area (Å²) in [5, 5.41) is 0. The van der Waals surface area contributed by atoms with Gasteiger partial charge in [0.25, 0.3) is 16.0 Å². The predicted octanol–water partition coefficient (Wildman–Crippen LogP) is 0.0317. The minimum atomic E-state index is -3.93. The highest BCUT2D eigenvalue weighted by atomic mass is 32.2. The van der Waals surface area contributed by atoms with Crippen molar-refractivity contribution >= 4 is 16.0 Å². The zero-order valence-electron chi connectivity index (χ0n) is 9.18. The van der Waals surface area contributed by atoms with Crippen molar-refractivity contribution in [2.45, 2.75) is 13.0 Å². The monoisotopic (exact) mass is 262 g/mol. The lowest BCUT2D eigenvalue weighted by Crippen LogP contribution is -2.27. The first-order chi connectivity index (χ1) is 7.70. The van der Waals surface area contributed by atoms with Crippen LogP contribution >= 0.6 is 0 Å². The zero-order valence-corrected chi connectivity index (χ0v) is 9.99. The van der Waals surface area contributed by atoms with Crippen LogP contribution in [-0.2, 0) is 19.1 Å². The number of carbonyl (C=O) groups excluding carboxylic acids is 1. The lowest BCUT2D eigenvalue weighted by atomic mass is 10.1. The summed E-state index contributed by atoms with van der Waals surface area (Å²) in [6.45, 7) is 1.56. The molecule has 1 heterocycles. The van der Waals surface area contributed by atoms with Gasteiger partial charge in [-0.3, -0.25) is 14.0 Å². The van der Waals surface area contributed by atoms with E-state index in [1.807, 2.05) is 0 Å². The molecule has 0 aromatic carbocycles. The van der Waals surface area contributed by atoms with E-state index in [1.165, 1.54) is 6.07 Å². The van der Waals surface area contributed by atoms with E-state index in [2.05, 4.69) is 9.17 Å². The summed E-state index contributed by atoms with van der Waals surface area (Å²) in [5.41, 5.74) is 5.13. The van der Waals surface area contributed by atoms with E-state index in [0.29, 0.717) is 5.69 Å². The third-order valence-electron chi connectivity index (χ3n) is 1.83. The molecule has 1 unspecified atom stereocenters. The first kappa shape index (κ1) is 13.5. The molecule has 8 heteroatoms. The Bertz CT molecular complexity index is 544. The summed E-state index contributed by atoms with van der Waals surface area (Å²) in [4.78, 5) is 14.7. The maximum absolute atomic E-state index is 13.4. The number of primary amides is 1. The standard InChI is InChI=1S/C9H11FN2O4S/c1-5-3-6(7(10)4-12-5)8(9(11)13)16-17(2,14)15/h3-4,8H,1-2H3,(H2,11,13). The van der Waals surface area contributed by atoms with Gasteiger partial charge in [0.15, 0.2) is 6.10 Å². The van der Waals surface area contributed by atoms with Crippen molar-refractivity contribution in [1.82, 2.24) is 4.98 Å². The van der Waals surface area contributed by atoms with Crippen molar-refractivity contribution in [3.63, 3.8) is 0 Å². The number of nitrogens with two attached hydrogens (primary N) is 1. The molecular formula is C9H11FN2O4S. The van der Waals surface area contributed by atoms with Crippen LogP contribution in [0.15, 0.2) is 12.3 Å². The Kier molecular flexibility index (Phi) is 3.79. The number of rotatable bonds is 4. The van der Waals surface area contributed by atoms with Gasteiger partial charge in [-0.05, 0) is 13.0 Å². The molecule has 0 fully saturated rings. The summed E-state index contributed by atoms with van der Waals surface area (Å²) in [6, 6.07) is 1.20. The molecule has 1 aromatic rings. The number of nitrogens with zero attached hydrogens (tertiary/aromatic N) is 1. The van der Waals surface area contributed by atoms with E-state index in [0.717, 1.165) is 12.5 Å². The molecule has 0 aliphatic heterocycles. The Morgan fingerprint density at radius 3 is 2.65 bits per heavy atom. The van der Waals surface area contributed by atoms with Gasteiger partial charge in [-0.1, -0.05) is 0 Å². The maximum Gasteiger partial charge on any atom is 0.265 e. The number of halogens is 1. The van der Waals surface area contributed by atoms with Gasteiger partial charge < -0.3 is 5.73 Å². The van der Waals surface area contributed by atoms with Crippen LogP contribution in [0.2, 0.25) is 0 Å². The lowest BCUT2D eigenvalue weighted by Gasteiger charge is -2.14. The first-order valence-electron chi connectivity index (χ1n) is 4.50. The number of pyridine rings is 1. The number of aryl methyl sites for hydroxylation is 1. The fourth-order valence-corrected chi connectivity index (χ4v) is 1.74. The Labute approximate surface area is 97.7 Å². The van der Waals surface area contributed by atoms with Crippen LogP contribution in [0, 0.1) is 12.7 Å². The Morgan fingerprint density at radius 1 is 1.59 bits per heavy atom. The molecule has 1 rings (SSSR count). The molecule has 1 amide bonds. The van der Waals surface area contributed by atoms with Gasteiger partial charge in [0.05, 0.1) is 12.5 Å². The summed E-state index contributed by atoms with van der Waals surface area (Å²) in [7, 11) is -3.93. The van der Waals surface area contributed by atoms with E-state index in [-0.39, 0.29) is 5.56 Å². The molecule has 1 atom stereocenters. The second-order valence-corrected chi connectivity index (χ2v) is 5.03. The molecule has 0 bridgehead atoms. The zero-order chi connectivity index (χ0) is 13.2. The van der Waals surface area contributed by atoms with Gasteiger partial charge in [0.1, 0.15) is 5.82 Å². The third-order valence-corrected chi connectivity index (χ3v) is 2.38. The minimum Gasteiger partial charge on any atom is -0.367 e. The average molecular weight is 262 g/mol. The molecule has 1 aromatic heterocycles. The van der Waals surface area contributed by atoms with Crippen LogP contribution in [-0.4, -0.2) is 25.6 Å². The second kappa shape index (κ2) is 4.76. The third kappa shape index (κ3) is 3.75. The van der Waals surface area contributed by atoms with Crippen molar-refractivity contribution in [3.05, 3.63) is 29.3 Å². The first-order valence-corrected chi connectivity index (χ1v) is 6.32. The number of amides is 1. The average Bonchev–Trinajstić information content (AvgIpc) is 2.17. The van der Waals surface area contributed by atoms with E-state index < -0.39 is 27.9 Å². The lowest BCUT2D eigenvalue weighted by molar-refractivity contribution is -0.124. The van der Waals surface area contributed by atoms with Gasteiger partial charge in [-0.25, -0.2) is 4.39 Å². The molecule has 0 saturated carbocycles. The minimum absolute atomic E-state index is 0.254. The van der Waals surface area contributed by atoms with Gasteiger partial charge in [-0.2, -0.15) is 8.42 Å². The normalized spacial score (nSPS) is 13.4. The largest absolute Gasteiger partial charge is 0.367 e. The Hall–Kier alpha value is -1.54. The van der Waals surface area contributed by atoms with Crippen LogP contribution in [0.25, 0.3) is 0 Å². The highest BCUT2D eigenvalue weighted by molar-refractivity contribution is 7.86. The molecule has 94 valence electrons. The molecule has 0 aliphatic carbocycles. The number of carbonyl (C=O) groups is 1. The summed E-state index contributed by atoms with van der Waals surface area (Å²) < 4.78 is 39.8. The van der Waals surface area contributed by atoms with E-state index in [1.54, 1.807) is 6.92 Å². The van der Waals surface area contributed by atoms with Crippen molar-refractivity contribution < 1.29 is 21.8 Å². The van der Waals surface area contributed by atoms with Crippen LogP contribution < -0.4 is 5.73 Å². The molecule has 0 saturated heterocycles. The summed E-state index contributed by atoms with van der Waals surface area (Å²) in [6.07, 6.45) is -0.0760. The smallest absolute Gasteiger partial charge is 0.265 e. The van der Waals surface area contributed by atoms with E-state index in [4.69, 9.17) is 5.73 Å². The highest BCUT2D eigenvalue weighted by Crippen LogP contribution is 2.22. The quantitative estimate of drug-likeness (QED) is 0.772. The van der Waals surface area contributed by atoms with Crippen molar-refractivity contribution in [2.24, 2.45) is 5.73 Å². The second-order valence-electron chi connectivity index (χ2n) is 3.43. The fourth-order valence-electron chi connectivity index (χ4n) is 1.19. The van der Waals surface area contributed by atoms with Gasteiger partial charge >= 0.3 is 0 Å². The van der Waals surface area contributed by atoms with Crippen molar-refractivity contribution in [2.75, 3.05) is 6.26 Å². The fraction of sp³-hybridized carbons (Fsp3) is 0.333.